The number of allylic oxidation sites excluding steroid dienone is 2. The van der Waals surface area contributed by atoms with Gasteiger partial charge in [-0.2, -0.15) is 5.26 Å². The van der Waals surface area contributed by atoms with Gasteiger partial charge < -0.3 is 14.4 Å². The molecule has 3 aliphatic rings. The zero-order chi connectivity index (χ0) is 18.3. The molecule has 0 N–H and O–H groups in total. The minimum Gasteiger partial charge on any atom is -0.462 e. The second kappa shape index (κ2) is 6.53. The highest BCUT2D eigenvalue weighted by molar-refractivity contribution is 5.95. The van der Waals surface area contributed by atoms with E-state index in [0.29, 0.717) is 5.76 Å². The quantitative estimate of drug-likeness (QED) is 0.464. The van der Waals surface area contributed by atoms with Crippen LogP contribution in [0.1, 0.15) is 43.4 Å². The molecule has 3 aliphatic heterocycles. The topological polar surface area (TPSA) is 62.6 Å². The van der Waals surface area contributed by atoms with Crippen molar-refractivity contribution in [3.05, 3.63) is 40.2 Å². The van der Waals surface area contributed by atoms with E-state index in [4.69, 9.17) is 9.47 Å². The van der Waals surface area contributed by atoms with E-state index in [0.717, 1.165) is 49.2 Å². The van der Waals surface area contributed by atoms with E-state index < -0.39 is 5.97 Å². The van der Waals surface area contributed by atoms with Gasteiger partial charge in [0.1, 0.15) is 11.8 Å². The second-order valence-electron chi connectivity index (χ2n) is 6.93. The number of carbonyl (C=O) groups excluding carboxylic acids is 1. The van der Waals surface area contributed by atoms with Crippen LogP contribution in [0.15, 0.2) is 23.5 Å². The molecule has 0 bridgehead atoms. The maximum Gasteiger partial charge on any atom is 0.352 e. The third-order valence-electron chi connectivity index (χ3n) is 5.29. The van der Waals surface area contributed by atoms with E-state index in [9.17, 15) is 10.1 Å². The zero-order valence-electron chi connectivity index (χ0n) is 15.2. The number of anilines is 1. The Labute approximate surface area is 153 Å². The molecule has 4 rings (SSSR count). The fourth-order valence-corrected chi connectivity index (χ4v) is 4.18. The third kappa shape index (κ3) is 2.57. The summed E-state index contributed by atoms with van der Waals surface area (Å²) in [6.45, 7) is 6.13. The van der Waals surface area contributed by atoms with E-state index in [1.165, 1.54) is 23.2 Å². The van der Waals surface area contributed by atoms with Gasteiger partial charge in [0, 0.05) is 29.9 Å². The zero-order valence-corrected chi connectivity index (χ0v) is 15.2. The van der Waals surface area contributed by atoms with Crippen molar-refractivity contribution in [3.63, 3.8) is 0 Å². The Morgan fingerprint density at radius 1 is 1.35 bits per heavy atom. The summed E-state index contributed by atoms with van der Waals surface area (Å²) in [5.74, 6) is 0.466. The van der Waals surface area contributed by atoms with Gasteiger partial charge in [0.15, 0.2) is 11.3 Å². The first-order valence-electron chi connectivity index (χ1n) is 9.25. The first-order valence-corrected chi connectivity index (χ1v) is 9.25. The molecule has 0 fully saturated rings. The lowest BCUT2D eigenvalue weighted by Crippen LogP contribution is -2.35. The number of esters is 1. The number of nitrogens with zero attached hydrogens (tertiary/aromatic N) is 2. The number of nitriles is 1. The van der Waals surface area contributed by atoms with Crippen LogP contribution >= 0.6 is 0 Å². The summed E-state index contributed by atoms with van der Waals surface area (Å²) in [6.07, 6.45) is 6.11. The standard InChI is InChI=1S/C21H22N2O3/c1-3-25-21(24)17(12-22)18-10-13(2)16-11-14-6-4-8-23-9-5-7-15(19(14)23)20(16)26-18/h10-11H,3-9H2,1-2H3/b18-17-. The molecule has 0 aliphatic carbocycles. The summed E-state index contributed by atoms with van der Waals surface area (Å²) in [5, 5.41) is 9.46. The Morgan fingerprint density at radius 3 is 2.85 bits per heavy atom. The maximum atomic E-state index is 12.1. The lowest BCUT2D eigenvalue weighted by molar-refractivity contribution is -0.138. The molecule has 0 saturated carbocycles. The summed E-state index contributed by atoms with van der Waals surface area (Å²) in [6, 6.07) is 4.18. The van der Waals surface area contributed by atoms with Crippen molar-refractivity contribution in [2.24, 2.45) is 0 Å². The number of hydrogen-bond acceptors (Lipinski definition) is 5. The van der Waals surface area contributed by atoms with Gasteiger partial charge in [-0.1, -0.05) is 0 Å². The van der Waals surface area contributed by atoms with Gasteiger partial charge in [-0.15, -0.1) is 0 Å². The average molecular weight is 350 g/mol. The van der Waals surface area contributed by atoms with Crippen molar-refractivity contribution >= 4 is 17.2 Å². The predicted molar refractivity (Wildman–Crippen MR) is 98.8 cm³/mol. The molecule has 0 aromatic heterocycles. The van der Waals surface area contributed by atoms with Crippen molar-refractivity contribution in [1.29, 1.82) is 5.26 Å². The fourth-order valence-electron chi connectivity index (χ4n) is 4.18. The molecule has 134 valence electrons. The van der Waals surface area contributed by atoms with Crippen LogP contribution < -0.4 is 9.64 Å². The first-order chi connectivity index (χ1) is 12.6. The third-order valence-corrected chi connectivity index (χ3v) is 5.29. The molecule has 1 aromatic rings. The Hall–Kier alpha value is -2.74. The molecule has 0 radical (unpaired) electrons. The smallest absolute Gasteiger partial charge is 0.352 e. The van der Waals surface area contributed by atoms with Crippen LogP contribution in [-0.2, 0) is 22.4 Å². The van der Waals surface area contributed by atoms with Gasteiger partial charge in [-0.3, -0.25) is 0 Å². The minimum atomic E-state index is -0.634. The van der Waals surface area contributed by atoms with Crippen molar-refractivity contribution in [3.8, 4) is 11.8 Å². The average Bonchev–Trinajstić information content (AvgIpc) is 2.64. The van der Waals surface area contributed by atoms with Crippen LogP contribution in [0, 0.1) is 11.3 Å². The highest BCUT2D eigenvalue weighted by Gasteiger charge is 2.31. The normalized spacial score (nSPS) is 19.4. The van der Waals surface area contributed by atoms with Gasteiger partial charge in [0.05, 0.1) is 6.61 Å². The molecule has 1 aromatic carbocycles. The Bertz CT molecular complexity index is 887. The highest BCUT2D eigenvalue weighted by Crippen LogP contribution is 2.47. The Balaban J connectivity index is 1.87. The molecule has 0 saturated heterocycles. The van der Waals surface area contributed by atoms with E-state index >= 15 is 0 Å². The van der Waals surface area contributed by atoms with Crippen molar-refractivity contribution in [2.75, 3.05) is 24.6 Å². The van der Waals surface area contributed by atoms with Crippen LogP contribution in [-0.4, -0.2) is 25.7 Å². The molecule has 0 unspecified atom stereocenters. The highest BCUT2D eigenvalue weighted by atomic mass is 16.5. The van der Waals surface area contributed by atoms with Gasteiger partial charge in [-0.25, -0.2) is 4.79 Å². The minimum absolute atomic E-state index is 0.0746. The molecule has 5 nitrogen and oxygen atoms in total. The first kappa shape index (κ1) is 16.7. The molecule has 0 atom stereocenters. The van der Waals surface area contributed by atoms with Crippen LogP contribution in [0.5, 0.6) is 5.75 Å². The molecule has 0 amide bonds. The fraction of sp³-hybridized carbons (Fsp3) is 0.429. The molecular formula is C21H22N2O3. The van der Waals surface area contributed by atoms with E-state index in [1.54, 1.807) is 13.0 Å². The van der Waals surface area contributed by atoms with Crippen LogP contribution in [0.25, 0.3) is 5.57 Å². The van der Waals surface area contributed by atoms with Crippen molar-refractivity contribution < 1.29 is 14.3 Å². The molecule has 0 spiro atoms. The SMILES string of the molecule is CCOC(=O)/C(C#N)=C1/C=C(C)c2cc3c4c(c2O1)CCCN4CCC3. The van der Waals surface area contributed by atoms with Crippen LogP contribution in [0.3, 0.4) is 0 Å². The number of benzene rings is 1. The number of aryl methyl sites for hydroxylation is 1. The van der Waals surface area contributed by atoms with Crippen LogP contribution in [0.2, 0.25) is 0 Å². The predicted octanol–water partition coefficient (Wildman–Crippen LogP) is 3.52. The summed E-state index contributed by atoms with van der Waals surface area (Å²) in [7, 11) is 0. The largest absolute Gasteiger partial charge is 0.462 e. The number of hydrogen-bond donors (Lipinski definition) is 0. The van der Waals surface area contributed by atoms with Gasteiger partial charge in [0.2, 0.25) is 0 Å². The summed E-state index contributed by atoms with van der Waals surface area (Å²) in [5.41, 5.74) is 5.93. The Kier molecular flexibility index (Phi) is 4.20. The van der Waals surface area contributed by atoms with Gasteiger partial charge in [0.25, 0.3) is 0 Å². The molecule has 5 heteroatoms. The molecular weight excluding hydrogens is 328 g/mol. The number of ether oxygens (including phenoxy) is 2. The lowest BCUT2D eigenvalue weighted by atomic mass is 9.86. The monoisotopic (exact) mass is 350 g/mol. The number of fused-ring (bicyclic) bond motifs is 2. The van der Waals surface area contributed by atoms with Gasteiger partial charge >= 0.3 is 5.97 Å². The molecule has 26 heavy (non-hydrogen) atoms. The van der Waals surface area contributed by atoms with E-state index in [-0.39, 0.29) is 12.2 Å². The van der Waals surface area contributed by atoms with Crippen LogP contribution in [0.4, 0.5) is 5.69 Å². The Morgan fingerprint density at radius 2 is 2.12 bits per heavy atom. The summed E-state index contributed by atoms with van der Waals surface area (Å²) < 4.78 is 11.2. The van der Waals surface area contributed by atoms with Crippen molar-refractivity contribution in [1.82, 2.24) is 0 Å². The second-order valence-corrected chi connectivity index (χ2v) is 6.93. The lowest BCUT2D eigenvalue weighted by Gasteiger charge is -2.39. The number of rotatable bonds is 2. The van der Waals surface area contributed by atoms with Crippen molar-refractivity contribution in [2.45, 2.75) is 39.5 Å². The van der Waals surface area contributed by atoms with E-state index in [2.05, 4.69) is 11.0 Å². The van der Waals surface area contributed by atoms with Gasteiger partial charge in [-0.05, 0) is 62.8 Å². The molecule has 3 heterocycles. The van der Waals surface area contributed by atoms with E-state index in [1.807, 2.05) is 13.0 Å². The maximum absolute atomic E-state index is 12.1. The number of carbonyl (C=O) groups is 1. The summed E-state index contributed by atoms with van der Waals surface area (Å²) in [4.78, 5) is 14.6. The summed E-state index contributed by atoms with van der Waals surface area (Å²) >= 11 is 0.